The van der Waals surface area contributed by atoms with Crippen LogP contribution in [0.25, 0.3) is 11.4 Å². The fourth-order valence-corrected chi connectivity index (χ4v) is 4.35. The first-order valence-corrected chi connectivity index (χ1v) is 11.2. The van der Waals surface area contributed by atoms with Gasteiger partial charge in [0, 0.05) is 31.3 Å². The second-order valence-corrected chi connectivity index (χ2v) is 8.45. The van der Waals surface area contributed by atoms with E-state index in [0.717, 1.165) is 23.3 Å². The number of amides is 1. The maximum atomic E-state index is 14.6. The zero-order valence-electron chi connectivity index (χ0n) is 20.0. The standard InChI is InChI=1S/C26H23F2N5O3/c1-32-12-15(11-29-32)9-20-24-21(31-25(30-20)23-18(27)5-4-6-19(23)28)14-33(26(24)34)13-16-7-8-17(35-2)10-22(16)36-3/h4-8,10-12H,9,13-14H2,1-3H3. The van der Waals surface area contributed by atoms with Crippen molar-refractivity contribution in [3.05, 3.63) is 88.5 Å². The molecule has 10 heteroatoms. The van der Waals surface area contributed by atoms with Gasteiger partial charge < -0.3 is 14.4 Å². The quantitative estimate of drug-likeness (QED) is 0.390. The smallest absolute Gasteiger partial charge is 0.258 e. The minimum Gasteiger partial charge on any atom is -0.497 e. The normalized spacial score (nSPS) is 12.7. The van der Waals surface area contributed by atoms with Crippen LogP contribution in [0, 0.1) is 11.6 Å². The topological polar surface area (TPSA) is 82.4 Å². The van der Waals surface area contributed by atoms with E-state index in [-0.39, 0.29) is 36.8 Å². The molecular formula is C26H23F2N5O3. The predicted molar refractivity (Wildman–Crippen MR) is 127 cm³/mol. The number of carbonyl (C=O) groups excluding carboxylic acids is 1. The summed E-state index contributed by atoms with van der Waals surface area (Å²) >= 11 is 0. The molecule has 8 nitrogen and oxygen atoms in total. The molecule has 0 saturated carbocycles. The van der Waals surface area contributed by atoms with Crippen LogP contribution < -0.4 is 9.47 Å². The molecule has 184 valence electrons. The molecule has 0 atom stereocenters. The van der Waals surface area contributed by atoms with Gasteiger partial charge in [-0.1, -0.05) is 6.07 Å². The molecule has 0 bridgehead atoms. The fourth-order valence-electron chi connectivity index (χ4n) is 4.35. The second kappa shape index (κ2) is 9.37. The number of nitrogens with zero attached hydrogens (tertiary/aromatic N) is 5. The average molecular weight is 491 g/mol. The predicted octanol–water partition coefficient (Wildman–Crippen LogP) is 3.92. The van der Waals surface area contributed by atoms with Crippen LogP contribution in [0.15, 0.2) is 48.8 Å². The molecule has 0 saturated heterocycles. The number of methoxy groups -OCH3 is 2. The molecule has 0 unspecified atom stereocenters. The van der Waals surface area contributed by atoms with E-state index in [1.807, 2.05) is 6.07 Å². The Bertz CT molecular complexity index is 1450. The van der Waals surface area contributed by atoms with E-state index in [0.29, 0.717) is 28.5 Å². The number of rotatable bonds is 7. The molecule has 2 aromatic carbocycles. The summed E-state index contributed by atoms with van der Waals surface area (Å²) < 4.78 is 41.6. The Balaban J connectivity index is 1.56. The molecule has 1 amide bonds. The van der Waals surface area contributed by atoms with Gasteiger partial charge >= 0.3 is 0 Å². The van der Waals surface area contributed by atoms with Crippen LogP contribution in [0.1, 0.15) is 32.9 Å². The summed E-state index contributed by atoms with van der Waals surface area (Å²) in [5.41, 5.74) is 2.41. The summed E-state index contributed by atoms with van der Waals surface area (Å²) in [6.07, 6.45) is 3.72. The second-order valence-electron chi connectivity index (χ2n) is 8.45. The Morgan fingerprint density at radius 2 is 1.81 bits per heavy atom. The Morgan fingerprint density at radius 1 is 1.03 bits per heavy atom. The molecule has 0 spiro atoms. The van der Waals surface area contributed by atoms with Crippen molar-refractivity contribution in [2.75, 3.05) is 14.2 Å². The Morgan fingerprint density at radius 3 is 2.47 bits per heavy atom. The maximum absolute atomic E-state index is 14.6. The first kappa shape index (κ1) is 23.4. The first-order chi connectivity index (χ1) is 17.4. The number of aromatic nitrogens is 4. The van der Waals surface area contributed by atoms with Gasteiger partial charge in [0.1, 0.15) is 23.1 Å². The van der Waals surface area contributed by atoms with Crippen LogP contribution in [-0.2, 0) is 26.6 Å². The Kier molecular flexibility index (Phi) is 6.09. The summed E-state index contributed by atoms with van der Waals surface area (Å²) in [5.74, 6) is -0.693. The molecule has 4 aromatic rings. The highest BCUT2D eigenvalue weighted by molar-refractivity contribution is 5.99. The molecule has 0 fully saturated rings. The largest absolute Gasteiger partial charge is 0.497 e. The van der Waals surface area contributed by atoms with Crippen molar-refractivity contribution in [1.29, 1.82) is 0 Å². The average Bonchev–Trinajstić information content (AvgIpc) is 3.41. The molecule has 2 aromatic heterocycles. The SMILES string of the molecule is COc1ccc(CN2Cc3nc(-c4c(F)cccc4F)nc(Cc4cnn(C)c4)c3C2=O)c(OC)c1. The van der Waals surface area contributed by atoms with Gasteiger partial charge in [0.05, 0.1) is 56.0 Å². The van der Waals surface area contributed by atoms with Crippen molar-refractivity contribution in [1.82, 2.24) is 24.6 Å². The Labute approximate surface area is 206 Å². The van der Waals surface area contributed by atoms with Gasteiger partial charge in [-0.05, 0) is 29.8 Å². The van der Waals surface area contributed by atoms with E-state index in [1.54, 1.807) is 55.4 Å². The lowest BCUT2D eigenvalue weighted by Crippen LogP contribution is -2.24. The molecule has 3 heterocycles. The number of halogens is 2. The lowest BCUT2D eigenvalue weighted by Gasteiger charge is -2.18. The molecule has 36 heavy (non-hydrogen) atoms. The lowest BCUT2D eigenvalue weighted by atomic mass is 10.1. The van der Waals surface area contributed by atoms with E-state index in [4.69, 9.17) is 9.47 Å². The number of carbonyl (C=O) groups is 1. The van der Waals surface area contributed by atoms with Crippen molar-refractivity contribution in [3.8, 4) is 22.9 Å². The third kappa shape index (κ3) is 4.26. The number of ether oxygens (including phenoxy) is 2. The minimum absolute atomic E-state index is 0.0973. The van der Waals surface area contributed by atoms with Crippen molar-refractivity contribution in [2.24, 2.45) is 7.05 Å². The first-order valence-electron chi connectivity index (χ1n) is 11.2. The van der Waals surface area contributed by atoms with Crippen LogP contribution >= 0.6 is 0 Å². The number of fused-ring (bicyclic) bond motifs is 1. The molecular weight excluding hydrogens is 468 g/mol. The van der Waals surface area contributed by atoms with Crippen LogP contribution in [-0.4, -0.2) is 44.8 Å². The van der Waals surface area contributed by atoms with Gasteiger partial charge in [0.2, 0.25) is 0 Å². The molecule has 1 aliphatic heterocycles. The zero-order chi connectivity index (χ0) is 25.4. The highest BCUT2D eigenvalue weighted by Gasteiger charge is 2.34. The number of hydrogen-bond acceptors (Lipinski definition) is 6. The number of benzene rings is 2. The van der Waals surface area contributed by atoms with E-state index >= 15 is 0 Å². The molecule has 0 aliphatic carbocycles. The van der Waals surface area contributed by atoms with Gasteiger partial charge in [0.15, 0.2) is 5.82 Å². The molecule has 0 radical (unpaired) electrons. The fraction of sp³-hybridized carbons (Fsp3) is 0.231. The minimum atomic E-state index is -0.772. The van der Waals surface area contributed by atoms with E-state index < -0.39 is 11.6 Å². The summed E-state index contributed by atoms with van der Waals surface area (Å²) in [7, 11) is 4.89. The van der Waals surface area contributed by atoms with E-state index in [9.17, 15) is 13.6 Å². The highest BCUT2D eigenvalue weighted by atomic mass is 19.1. The highest BCUT2D eigenvalue weighted by Crippen LogP contribution is 2.33. The number of aryl methyl sites for hydroxylation is 1. The van der Waals surface area contributed by atoms with Crippen molar-refractivity contribution in [3.63, 3.8) is 0 Å². The molecule has 1 aliphatic rings. The van der Waals surface area contributed by atoms with Crippen LogP contribution in [0.3, 0.4) is 0 Å². The monoisotopic (exact) mass is 491 g/mol. The van der Waals surface area contributed by atoms with E-state index in [2.05, 4.69) is 15.1 Å². The van der Waals surface area contributed by atoms with E-state index in [1.165, 1.54) is 6.07 Å². The lowest BCUT2D eigenvalue weighted by molar-refractivity contribution is 0.0764. The zero-order valence-corrected chi connectivity index (χ0v) is 20.0. The van der Waals surface area contributed by atoms with Gasteiger partial charge in [-0.3, -0.25) is 9.48 Å². The van der Waals surface area contributed by atoms with Crippen molar-refractivity contribution in [2.45, 2.75) is 19.5 Å². The van der Waals surface area contributed by atoms with Crippen molar-refractivity contribution >= 4 is 5.91 Å². The summed E-state index contributed by atoms with van der Waals surface area (Å²) in [6, 6.07) is 8.96. The van der Waals surface area contributed by atoms with Crippen LogP contribution in [0.2, 0.25) is 0 Å². The molecule has 5 rings (SSSR count). The third-order valence-corrected chi connectivity index (χ3v) is 6.07. The van der Waals surface area contributed by atoms with Gasteiger partial charge in [0.25, 0.3) is 5.91 Å². The number of hydrogen-bond donors (Lipinski definition) is 0. The van der Waals surface area contributed by atoms with Gasteiger partial charge in [-0.2, -0.15) is 5.10 Å². The third-order valence-electron chi connectivity index (χ3n) is 6.07. The summed E-state index contributed by atoms with van der Waals surface area (Å²) in [4.78, 5) is 24.1. The molecule has 0 N–H and O–H groups in total. The maximum Gasteiger partial charge on any atom is 0.258 e. The van der Waals surface area contributed by atoms with Crippen molar-refractivity contribution < 1.29 is 23.0 Å². The summed E-state index contributed by atoms with van der Waals surface area (Å²) in [6.45, 7) is 0.410. The Hall–Kier alpha value is -4.34. The van der Waals surface area contributed by atoms with Gasteiger partial charge in [-0.15, -0.1) is 0 Å². The van der Waals surface area contributed by atoms with Gasteiger partial charge in [-0.25, -0.2) is 18.7 Å². The summed E-state index contributed by atoms with van der Waals surface area (Å²) in [5, 5.41) is 4.17. The van der Waals surface area contributed by atoms with Crippen LogP contribution in [0.5, 0.6) is 11.5 Å². The van der Waals surface area contributed by atoms with Crippen LogP contribution in [0.4, 0.5) is 8.78 Å².